The number of nitrogens with one attached hydrogen (secondary N) is 1. The van der Waals surface area contributed by atoms with Crippen LogP contribution in [0.2, 0.25) is 0 Å². The third-order valence-electron chi connectivity index (χ3n) is 3.03. The van der Waals surface area contributed by atoms with E-state index in [-0.39, 0.29) is 5.25 Å². The summed E-state index contributed by atoms with van der Waals surface area (Å²) in [6, 6.07) is 9.20. The smallest absolute Gasteiger partial charge is 0.154 e. The number of anilines is 1. The van der Waals surface area contributed by atoms with E-state index in [1.807, 2.05) is 6.07 Å². The highest BCUT2D eigenvalue weighted by molar-refractivity contribution is 7.92. The first-order chi connectivity index (χ1) is 8.13. The van der Waals surface area contributed by atoms with Crippen molar-refractivity contribution in [1.29, 1.82) is 5.26 Å². The third-order valence-corrected chi connectivity index (χ3v) is 5.31. The largest absolute Gasteiger partial charge is 0.383 e. The molecule has 0 saturated carbocycles. The van der Waals surface area contributed by atoms with Gasteiger partial charge >= 0.3 is 0 Å². The van der Waals surface area contributed by atoms with Crippen LogP contribution < -0.4 is 5.32 Å². The molecule has 1 atom stereocenters. The van der Waals surface area contributed by atoms with Crippen molar-refractivity contribution in [2.24, 2.45) is 0 Å². The van der Waals surface area contributed by atoms with E-state index < -0.39 is 9.84 Å². The van der Waals surface area contributed by atoms with E-state index in [0.717, 1.165) is 6.42 Å². The predicted octanol–water partition coefficient (Wildman–Crippen LogP) is 1.55. The van der Waals surface area contributed by atoms with Crippen LogP contribution in [0.3, 0.4) is 0 Å². The van der Waals surface area contributed by atoms with Crippen LogP contribution in [0.25, 0.3) is 0 Å². The molecule has 1 N–H and O–H groups in total. The van der Waals surface area contributed by atoms with E-state index in [9.17, 15) is 8.42 Å². The Kier molecular flexibility index (Phi) is 3.34. The minimum absolute atomic E-state index is 0.291. The molecule has 0 radical (unpaired) electrons. The minimum atomic E-state index is -2.92. The summed E-state index contributed by atoms with van der Waals surface area (Å²) in [6.07, 6.45) is 1.46. The van der Waals surface area contributed by atoms with Gasteiger partial charge in [-0.15, -0.1) is 0 Å². The Labute approximate surface area is 101 Å². The average molecular weight is 250 g/mol. The van der Waals surface area contributed by atoms with Crippen LogP contribution in [0.5, 0.6) is 0 Å². The molecular formula is C12H14N2O2S. The average Bonchev–Trinajstić information content (AvgIpc) is 2.66. The molecule has 0 aliphatic carbocycles. The van der Waals surface area contributed by atoms with Gasteiger partial charge in [0.05, 0.1) is 22.3 Å². The van der Waals surface area contributed by atoms with Gasteiger partial charge in [0.15, 0.2) is 9.84 Å². The fourth-order valence-electron chi connectivity index (χ4n) is 2.05. The molecule has 4 nitrogen and oxygen atoms in total. The van der Waals surface area contributed by atoms with Crippen molar-refractivity contribution in [2.75, 3.05) is 17.6 Å². The molecule has 17 heavy (non-hydrogen) atoms. The first kappa shape index (κ1) is 11.9. The van der Waals surface area contributed by atoms with Gasteiger partial charge in [-0.1, -0.05) is 12.1 Å². The van der Waals surface area contributed by atoms with E-state index in [2.05, 4.69) is 11.4 Å². The lowest BCUT2D eigenvalue weighted by Crippen LogP contribution is -2.25. The molecular weight excluding hydrogens is 236 g/mol. The van der Waals surface area contributed by atoms with Gasteiger partial charge in [-0.25, -0.2) is 8.42 Å². The monoisotopic (exact) mass is 250 g/mol. The topological polar surface area (TPSA) is 70.0 Å². The summed E-state index contributed by atoms with van der Waals surface area (Å²) in [5.74, 6) is 0.291. The molecule has 1 aromatic rings. The molecule has 1 aliphatic heterocycles. The first-order valence-corrected chi connectivity index (χ1v) is 7.29. The Morgan fingerprint density at radius 1 is 1.41 bits per heavy atom. The zero-order valence-corrected chi connectivity index (χ0v) is 10.2. The third kappa shape index (κ3) is 2.59. The summed E-state index contributed by atoms with van der Waals surface area (Å²) in [5.41, 5.74) is 1.25. The van der Waals surface area contributed by atoms with Gasteiger partial charge in [0, 0.05) is 6.54 Å². The van der Waals surface area contributed by atoms with Crippen molar-refractivity contribution in [3.8, 4) is 6.07 Å². The van der Waals surface area contributed by atoms with E-state index in [1.54, 1.807) is 18.2 Å². The Hall–Kier alpha value is -1.54. The number of sulfone groups is 1. The molecule has 0 amide bonds. The number of hydrogen-bond donors (Lipinski definition) is 1. The van der Waals surface area contributed by atoms with Gasteiger partial charge in [0.1, 0.15) is 6.07 Å². The molecule has 0 bridgehead atoms. The van der Waals surface area contributed by atoms with Crippen LogP contribution in [0, 0.1) is 11.3 Å². The first-order valence-electron chi connectivity index (χ1n) is 5.58. The molecule has 1 fully saturated rings. The summed E-state index contributed by atoms with van der Waals surface area (Å²) < 4.78 is 23.3. The van der Waals surface area contributed by atoms with Gasteiger partial charge in [-0.2, -0.15) is 5.26 Å². The lowest BCUT2D eigenvalue weighted by molar-refractivity contribution is 0.591. The zero-order valence-electron chi connectivity index (χ0n) is 9.39. The van der Waals surface area contributed by atoms with Gasteiger partial charge in [0.25, 0.3) is 0 Å². The summed E-state index contributed by atoms with van der Waals surface area (Å²) in [6.45, 7) is 0.390. The maximum atomic E-state index is 11.6. The summed E-state index contributed by atoms with van der Waals surface area (Å²) in [4.78, 5) is 0. The Bertz CT molecular complexity index is 546. The van der Waals surface area contributed by atoms with Crippen molar-refractivity contribution in [2.45, 2.75) is 18.1 Å². The van der Waals surface area contributed by atoms with E-state index in [0.29, 0.717) is 30.0 Å². The maximum absolute atomic E-state index is 11.6. The second-order valence-corrected chi connectivity index (χ2v) is 6.57. The van der Waals surface area contributed by atoms with Crippen molar-refractivity contribution >= 4 is 15.5 Å². The Balaban J connectivity index is 2.06. The lowest BCUT2D eigenvalue weighted by atomic mass is 10.2. The van der Waals surface area contributed by atoms with Crippen molar-refractivity contribution in [3.63, 3.8) is 0 Å². The molecule has 1 saturated heterocycles. The highest BCUT2D eigenvalue weighted by atomic mass is 32.2. The minimum Gasteiger partial charge on any atom is -0.383 e. The van der Waals surface area contributed by atoms with Crippen molar-refractivity contribution in [1.82, 2.24) is 0 Å². The maximum Gasteiger partial charge on any atom is 0.154 e. The quantitative estimate of drug-likeness (QED) is 0.883. The van der Waals surface area contributed by atoms with E-state index in [4.69, 9.17) is 5.26 Å². The number of hydrogen-bond acceptors (Lipinski definition) is 4. The van der Waals surface area contributed by atoms with E-state index in [1.165, 1.54) is 0 Å². The van der Waals surface area contributed by atoms with Crippen LogP contribution in [-0.2, 0) is 9.84 Å². The summed E-state index contributed by atoms with van der Waals surface area (Å²) in [7, 11) is -2.92. The molecule has 1 aromatic carbocycles. The number of rotatable bonds is 3. The highest BCUT2D eigenvalue weighted by Gasteiger charge is 2.30. The molecule has 1 heterocycles. The van der Waals surface area contributed by atoms with E-state index >= 15 is 0 Å². The number of para-hydroxylation sites is 1. The van der Waals surface area contributed by atoms with Gasteiger partial charge < -0.3 is 5.32 Å². The predicted molar refractivity (Wildman–Crippen MR) is 66.5 cm³/mol. The fraction of sp³-hybridized carbons (Fsp3) is 0.417. The fourth-order valence-corrected chi connectivity index (χ4v) is 3.81. The molecule has 5 heteroatoms. The SMILES string of the molecule is N#Cc1ccccc1NCC1CCCS1(=O)=O. The van der Waals surface area contributed by atoms with Crippen LogP contribution in [0.4, 0.5) is 5.69 Å². The number of benzene rings is 1. The highest BCUT2D eigenvalue weighted by Crippen LogP contribution is 2.21. The molecule has 0 spiro atoms. The normalized spacial score (nSPS) is 21.9. The van der Waals surface area contributed by atoms with Gasteiger partial charge in [-0.05, 0) is 25.0 Å². The molecule has 1 aliphatic rings. The molecule has 2 rings (SSSR count). The van der Waals surface area contributed by atoms with Gasteiger partial charge in [-0.3, -0.25) is 0 Å². The lowest BCUT2D eigenvalue weighted by Gasteiger charge is -2.12. The number of nitrogens with zero attached hydrogens (tertiary/aromatic N) is 1. The van der Waals surface area contributed by atoms with Gasteiger partial charge in [0.2, 0.25) is 0 Å². The van der Waals surface area contributed by atoms with Crippen molar-refractivity contribution < 1.29 is 8.42 Å². The van der Waals surface area contributed by atoms with Crippen LogP contribution in [-0.4, -0.2) is 26.0 Å². The Morgan fingerprint density at radius 2 is 2.18 bits per heavy atom. The van der Waals surface area contributed by atoms with Crippen molar-refractivity contribution in [3.05, 3.63) is 29.8 Å². The van der Waals surface area contributed by atoms with Crippen LogP contribution in [0.1, 0.15) is 18.4 Å². The van der Waals surface area contributed by atoms with Crippen LogP contribution in [0.15, 0.2) is 24.3 Å². The Morgan fingerprint density at radius 3 is 2.82 bits per heavy atom. The molecule has 1 unspecified atom stereocenters. The zero-order chi connectivity index (χ0) is 12.3. The molecule has 90 valence electrons. The number of nitriles is 1. The van der Waals surface area contributed by atoms with Crippen LogP contribution >= 0.6 is 0 Å². The second-order valence-electron chi connectivity index (χ2n) is 4.17. The summed E-state index contributed by atoms with van der Waals surface area (Å²) >= 11 is 0. The second kappa shape index (κ2) is 4.76. The molecule has 0 aromatic heterocycles. The standard InChI is InChI=1S/C12H14N2O2S/c13-8-10-4-1-2-6-12(10)14-9-11-5-3-7-17(11,15)16/h1-2,4,6,11,14H,3,5,7,9H2. The summed E-state index contributed by atoms with van der Waals surface area (Å²) in [5, 5.41) is 11.7.